The van der Waals surface area contributed by atoms with Crippen molar-refractivity contribution >= 4 is 38.9 Å². The fraction of sp³-hybridized carbons (Fsp3) is 0.240. The molecule has 3 aromatic carbocycles. The van der Waals surface area contributed by atoms with Crippen LogP contribution >= 0.6 is 11.6 Å². The van der Waals surface area contributed by atoms with Gasteiger partial charge in [-0.3, -0.25) is 14.9 Å². The number of carbonyl (C=O) groups excluding carboxylic acids is 1. The third-order valence-corrected chi connectivity index (χ3v) is 7.85. The van der Waals surface area contributed by atoms with Crippen molar-refractivity contribution in [2.45, 2.75) is 39.1 Å². The van der Waals surface area contributed by atoms with Gasteiger partial charge in [-0.1, -0.05) is 47.5 Å². The Bertz CT molecular complexity index is 1370. The van der Waals surface area contributed by atoms with E-state index in [4.69, 9.17) is 11.6 Å². The van der Waals surface area contributed by atoms with Gasteiger partial charge in [0, 0.05) is 23.7 Å². The molecule has 8 nitrogen and oxygen atoms in total. The van der Waals surface area contributed by atoms with E-state index in [2.05, 4.69) is 5.32 Å². The number of hydrogen-bond donors (Lipinski definition) is 1. The average Bonchev–Trinajstić information content (AvgIpc) is 2.75. The molecule has 0 aromatic heterocycles. The van der Waals surface area contributed by atoms with Gasteiger partial charge in [-0.05, 0) is 62.1 Å². The summed E-state index contributed by atoms with van der Waals surface area (Å²) in [6, 6.07) is 14.4. The van der Waals surface area contributed by atoms with Crippen LogP contribution in [0.2, 0.25) is 5.02 Å². The summed E-state index contributed by atoms with van der Waals surface area (Å²) in [5.74, 6) is -0.617. The Labute approximate surface area is 209 Å². The highest BCUT2D eigenvalue weighted by molar-refractivity contribution is 7.89. The lowest BCUT2D eigenvalue weighted by molar-refractivity contribution is -0.384. The largest absolute Gasteiger partial charge is 0.324 e. The van der Waals surface area contributed by atoms with E-state index in [-0.39, 0.29) is 22.8 Å². The van der Waals surface area contributed by atoms with Gasteiger partial charge in [0.05, 0.1) is 22.1 Å². The first-order valence-electron chi connectivity index (χ1n) is 10.8. The lowest BCUT2D eigenvalue weighted by Crippen LogP contribution is -2.38. The summed E-state index contributed by atoms with van der Waals surface area (Å²) in [6.07, 6.45) is 0. The average molecular weight is 516 g/mol. The molecule has 0 atom stereocenters. The summed E-state index contributed by atoms with van der Waals surface area (Å²) < 4.78 is 28.7. The maximum Gasteiger partial charge on any atom is 0.271 e. The Balaban J connectivity index is 1.98. The molecule has 1 N–H and O–H groups in total. The van der Waals surface area contributed by atoms with Gasteiger partial charge in [-0.2, -0.15) is 4.31 Å². The number of aryl methyl sites for hydroxylation is 4. The number of amides is 1. The van der Waals surface area contributed by atoms with Crippen molar-refractivity contribution in [2.75, 3.05) is 11.9 Å². The number of carbonyl (C=O) groups is 1. The van der Waals surface area contributed by atoms with Crippen molar-refractivity contribution < 1.29 is 18.1 Å². The third kappa shape index (κ3) is 6.25. The fourth-order valence-electron chi connectivity index (χ4n) is 3.93. The molecular weight excluding hydrogens is 490 g/mol. The van der Waals surface area contributed by atoms with Crippen LogP contribution in [0.25, 0.3) is 0 Å². The molecule has 10 heteroatoms. The summed E-state index contributed by atoms with van der Waals surface area (Å²) in [4.78, 5) is 23.7. The number of sulfonamides is 1. The molecule has 1 amide bonds. The highest BCUT2D eigenvalue weighted by atomic mass is 35.5. The van der Waals surface area contributed by atoms with Gasteiger partial charge in [0.2, 0.25) is 15.9 Å². The molecular formula is C25H26ClN3O5S. The van der Waals surface area contributed by atoms with Crippen molar-refractivity contribution in [1.82, 2.24) is 4.31 Å². The number of nitro groups is 1. The SMILES string of the molecule is Cc1cc(C)c(S(=O)(=O)N(CC(=O)Nc2cc([N+](=O)[O-])ccc2C)Cc2ccc(Cl)cc2)c(C)c1. The number of nitrogens with zero attached hydrogens (tertiary/aromatic N) is 2. The zero-order valence-electron chi connectivity index (χ0n) is 19.8. The Hall–Kier alpha value is -3.27. The second-order valence-corrected chi connectivity index (χ2v) is 10.7. The molecule has 0 unspecified atom stereocenters. The van der Waals surface area contributed by atoms with Crippen molar-refractivity contribution in [3.63, 3.8) is 0 Å². The molecule has 0 saturated heterocycles. The minimum absolute atomic E-state index is 0.0619. The molecule has 3 rings (SSSR count). The summed E-state index contributed by atoms with van der Waals surface area (Å²) >= 11 is 5.97. The molecule has 0 heterocycles. The standard InChI is InChI=1S/C25H26ClN3O5S/c1-16-11-18(3)25(19(4)12-16)35(33,34)28(14-20-6-8-21(26)9-7-20)15-24(30)27-23-13-22(29(31)32)10-5-17(23)2/h5-13H,14-15H2,1-4H3,(H,27,30). The monoisotopic (exact) mass is 515 g/mol. The molecule has 0 fully saturated rings. The molecule has 0 aliphatic carbocycles. The number of nitrogens with one attached hydrogen (secondary N) is 1. The molecule has 0 aliphatic rings. The van der Waals surface area contributed by atoms with E-state index in [9.17, 15) is 23.3 Å². The maximum absolute atomic E-state index is 13.8. The second-order valence-electron chi connectivity index (χ2n) is 8.43. The van der Waals surface area contributed by atoms with Crippen molar-refractivity contribution in [3.05, 3.63) is 97.6 Å². The Morgan fingerprint density at radius 1 is 0.971 bits per heavy atom. The van der Waals surface area contributed by atoms with Crippen LogP contribution in [0.5, 0.6) is 0 Å². The van der Waals surface area contributed by atoms with Crippen LogP contribution in [-0.4, -0.2) is 30.1 Å². The second kappa shape index (κ2) is 10.6. The van der Waals surface area contributed by atoms with E-state index in [0.29, 0.717) is 27.3 Å². The molecule has 0 spiro atoms. The van der Waals surface area contributed by atoms with E-state index >= 15 is 0 Å². The van der Waals surface area contributed by atoms with Crippen LogP contribution in [0.15, 0.2) is 59.5 Å². The van der Waals surface area contributed by atoms with Gasteiger partial charge in [-0.25, -0.2) is 8.42 Å². The predicted octanol–water partition coefficient (Wildman–Crippen LogP) is 5.31. The molecule has 0 bridgehead atoms. The van der Waals surface area contributed by atoms with Crippen LogP contribution in [0.3, 0.4) is 0 Å². The summed E-state index contributed by atoms with van der Waals surface area (Å²) in [6.45, 7) is 6.48. The van der Waals surface area contributed by atoms with Gasteiger partial charge in [0.1, 0.15) is 0 Å². The smallest absolute Gasteiger partial charge is 0.271 e. The number of anilines is 1. The zero-order chi connectivity index (χ0) is 25.9. The van der Waals surface area contributed by atoms with Gasteiger partial charge in [-0.15, -0.1) is 0 Å². The quantitative estimate of drug-likeness (QED) is 0.323. The molecule has 0 aliphatic heterocycles. The van der Waals surface area contributed by atoms with Gasteiger partial charge in [0.25, 0.3) is 5.69 Å². The first-order valence-corrected chi connectivity index (χ1v) is 12.6. The normalized spacial score (nSPS) is 11.5. The van der Waals surface area contributed by atoms with Crippen molar-refractivity contribution in [3.8, 4) is 0 Å². The van der Waals surface area contributed by atoms with Crippen molar-refractivity contribution in [2.24, 2.45) is 0 Å². The van der Waals surface area contributed by atoms with Gasteiger partial charge in [0.15, 0.2) is 0 Å². The van der Waals surface area contributed by atoms with Gasteiger partial charge >= 0.3 is 0 Å². The van der Waals surface area contributed by atoms with E-state index in [1.807, 2.05) is 6.92 Å². The Morgan fingerprint density at radius 2 is 1.57 bits per heavy atom. The van der Waals surface area contributed by atoms with E-state index < -0.39 is 27.4 Å². The van der Waals surface area contributed by atoms with Crippen molar-refractivity contribution in [1.29, 1.82) is 0 Å². The Morgan fingerprint density at radius 3 is 2.14 bits per heavy atom. The minimum Gasteiger partial charge on any atom is -0.324 e. The molecule has 184 valence electrons. The summed E-state index contributed by atoms with van der Waals surface area (Å²) in [7, 11) is -4.08. The lowest BCUT2D eigenvalue weighted by Gasteiger charge is -2.24. The molecule has 0 saturated carbocycles. The summed E-state index contributed by atoms with van der Waals surface area (Å²) in [5, 5.41) is 14.3. The fourth-order valence-corrected chi connectivity index (χ4v) is 5.85. The minimum atomic E-state index is -4.08. The van der Waals surface area contributed by atoms with Crippen LogP contribution in [0.1, 0.15) is 27.8 Å². The van der Waals surface area contributed by atoms with Gasteiger partial charge < -0.3 is 5.32 Å². The number of rotatable bonds is 8. The highest BCUT2D eigenvalue weighted by Crippen LogP contribution is 2.27. The lowest BCUT2D eigenvalue weighted by atomic mass is 10.1. The molecule has 0 radical (unpaired) electrons. The van der Waals surface area contributed by atoms with Crippen LogP contribution in [0.4, 0.5) is 11.4 Å². The number of hydrogen-bond acceptors (Lipinski definition) is 5. The topological polar surface area (TPSA) is 110 Å². The first kappa shape index (κ1) is 26.3. The van der Waals surface area contributed by atoms with Crippen LogP contribution in [0, 0.1) is 37.8 Å². The number of benzene rings is 3. The predicted molar refractivity (Wildman–Crippen MR) is 136 cm³/mol. The van der Waals surface area contributed by atoms with Crippen LogP contribution in [-0.2, 0) is 21.4 Å². The molecule has 35 heavy (non-hydrogen) atoms. The zero-order valence-corrected chi connectivity index (χ0v) is 21.4. The van der Waals surface area contributed by atoms with E-state index in [0.717, 1.165) is 9.87 Å². The van der Waals surface area contributed by atoms with E-state index in [1.165, 1.54) is 18.2 Å². The number of nitro benzene ring substituents is 1. The highest BCUT2D eigenvalue weighted by Gasteiger charge is 2.30. The third-order valence-electron chi connectivity index (χ3n) is 5.50. The number of non-ortho nitro benzene ring substituents is 1. The molecule has 3 aromatic rings. The van der Waals surface area contributed by atoms with E-state index in [1.54, 1.807) is 57.2 Å². The first-order chi connectivity index (χ1) is 16.4. The Kier molecular flexibility index (Phi) is 7.94. The summed E-state index contributed by atoms with van der Waals surface area (Å²) in [5.41, 5.74) is 3.43. The number of halogens is 1. The maximum atomic E-state index is 13.8. The van der Waals surface area contributed by atoms with Crippen LogP contribution < -0.4 is 5.32 Å².